The van der Waals surface area contributed by atoms with Gasteiger partial charge >= 0.3 is 0 Å². The van der Waals surface area contributed by atoms with Crippen molar-refractivity contribution in [3.63, 3.8) is 0 Å². The number of amides is 1. The van der Waals surface area contributed by atoms with E-state index in [0.717, 1.165) is 16.9 Å². The van der Waals surface area contributed by atoms with E-state index in [1.807, 2.05) is 43.8 Å². The van der Waals surface area contributed by atoms with Gasteiger partial charge in [-0.15, -0.1) is 0 Å². The lowest BCUT2D eigenvalue weighted by atomic mass is 9.87. The molecule has 0 aliphatic carbocycles. The number of aromatic nitrogens is 2. The highest BCUT2D eigenvalue weighted by Gasteiger charge is 2.33. The summed E-state index contributed by atoms with van der Waals surface area (Å²) in [6.07, 6.45) is 2.17. The van der Waals surface area contributed by atoms with Crippen LogP contribution < -0.4 is 14.8 Å². The normalized spacial score (nSPS) is 19.2. The maximum Gasteiger partial charge on any atom is 0.231 e. The van der Waals surface area contributed by atoms with E-state index in [0.29, 0.717) is 22.9 Å². The zero-order chi connectivity index (χ0) is 17.1. The fourth-order valence-corrected chi connectivity index (χ4v) is 3.49. The largest absolute Gasteiger partial charge is 0.454 e. The number of nitrogens with one attached hydrogen (secondary N) is 1. The summed E-state index contributed by atoms with van der Waals surface area (Å²) in [6, 6.07) is 3.74. The van der Waals surface area contributed by atoms with E-state index >= 15 is 0 Å². The van der Waals surface area contributed by atoms with Crippen molar-refractivity contribution in [1.82, 2.24) is 9.78 Å². The Morgan fingerprint density at radius 1 is 1.33 bits per heavy atom. The third-order valence-corrected chi connectivity index (χ3v) is 4.59. The van der Waals surface area contributed by atoms with Crippen molar-refractivity contribution in [1.29, 1.82) is 0 Å². The van der Waals surface area contributed by atoms with Crippen LogP contribution in [0.2, 0.25) is 5.02 Å². The first-order valence-electron chi connectivity index (χ1n) is 7.82. The van der Waals surface area contributed by atoms with Gasteiger partial charge in [-0.3, -0.25) is 4.79 Å². The average Bonchev–Trinajstić information content (AvgIpc) is 3.11. The SMILES string of the molecule is CC(C)(C)n1ncc2c1NC(=O)C[C@H]2c1cc(Cl)c2c(c1)OCO2. The van der Waals surface area contributed by atoms with Gasteiger partial charge in [0.1, 0.15) is 5.82 Å². The van der Waals surface area contributed by atoms with Gasteiger partial charge in [0, 0.05) is 17.9 Å². The van der Waals surface area contributed by atoms with Gasteiger partial charge in [-0.1, -0.05) is 11.6 Å². The first-order chi connectivity index (χ1) is 11.3. The summed E-state index contributed by atoms with van der Waals surface area (Å²) >= 11 is 6.31. The lowest BCUT2D eigenvalue weighted by molar-refractivity contribution is -0.116. The van der Waals surface area contributed by atoms with Gasteiger partial charge < -0.3 is 14.8 Å². The van der Waals surface area contributed by atoms with Crippen LogP contribution in [0, 0.1) is 0 Å². The molecule has 6 nitrogen and oxygen atoms in total. The number of hydrogen-bond donors (Lipinski definition) is 1. The number of rotatable bonds is 1. The Balaban J connectivity index is 1.83. The summed E-state index contributed by atoms with van der Waals surface area (Å²) in [5.41, 5.74) is 1.68. The molecule has 0 spiro atoms. The third kappa shape index (κ3) is 2.33. The summed E-state index contributed by atoms with van der Waals surface area (Å²) in [5.74, 6) is 1.78. The number of fused-ring (bicyclic) bond motifs is 2. The van der Waals surface area contributed by atoms with E-state index in [-0.39, 0.29) is 24.2 Å². The van der Waals surface area contributed by atoms with Crippen LogP contribution in [0.1, 0.15) is 44.2 Å². The van der Waals surface area contributed by atoms with E-state index < -0.39 is 0 Å². The fraction of sp³-hybridized carbons (Fsp3) is 0.412. The molecular formula is C17H18ClN3O3. The lowest BCUT2D eigenvalue weighted by Gasteiger charge is -2.28. The number of ether oxygens (including phenoxy) is 2. The van der Waals surface area contributed by atoms with E-state index in [2.05, 4.69) is 10.4 Å². The summed E-state index contributed by atoms with van der Waals surface area (Å²) in [5, 5.41) is 7.94. The second kappa shape index (κ2) is 5.14. The lowest BCUT2D eigenvalue weighted by Crippen LogP contribution is -2.30. The molecule has 3 heterocycles. The molecule has 4 rings (SSSR count). The second-order valence-corrected chi connectivity index (χ2v) is 7.48. The Labute approximate surface area is 144 Å². The van der Waals surface area contributed by atoms with Gasteiger partial charge in [-0.2, -0.15) is 5.10 Å². The van der Waals surface area contributed by atoms with Gasteiger partial charge in [0.05, 0.1) is 16.8 Å². The number of carbonyl (C=O) groups is 1. The van der Waals surface area contributed by atoms with Crippen LogP contribution >= 0.6 is 11.6 Å². The number of anilines is 1. The van der Waals surface area contributed by atoms with Crippen LogP contribution in [-0.4, -0.2) is 22.5 Å². The highest BCUT2D eigenvalue weighted by Crippen LogP contribution is 2.45. The Bertz CT molecular complexity index is 838. The number of carbonyl (C=O) groups excluding carboxylic acids is 1. The first kappa shape index (κ1) is 15.3. The molecule has 2 aromatic rings. The predicted octanol–water partition coefficient (Wildman–Crippen LogP) is 3.49. The Hall–Kier alpha value is -2.21. The van der Waals surface area contributed by atoms with Crippen molar-refractivity contribution in [2.45, 2.75) is 38.6 Å². The van der Waals surface area contributed by atoms with Crippen molar-refractivity contribution >= 4 is 23.3 Å². The summed E-state index contributed by atoms with van der Waals surface area (Å²) in [6.45, 7) is 6.31. The topological polar surface area (TPSA) is 65.4 Å². The minimum Gasteiger partial charge on any atom is -0.454 e. The molecular weight excluding hydrogens is 330 g/mol. The van der Waals surface area contributed by atoms with Crippen LogP contribution in [0.3, 0.4) is 0 Å². The van der Waals surface area contributed by atoms with Gasteiger partial charge in [-0.25, -0.2) is 4.68 Å². The quantitative estimate of drug-likeness (QED) is 0.857. The van der Waals surface area contributed by atoms with Gasteiger partial charge in [0.25, 0.3) is 0 Å². The van der Waals surface area contributed by atoms with Crippen molar-refractivity contribution < 1.29 is 14.3 Å². The average molecular weight is 348 g/mol. The third-order valence-electron chi connectivity index (χ3n) is 4.31. The van der Waals surface area contributed by atoms with E-state index in [4.69, 9.17) is 21.1 Å². The summed E-state index contributed by atoms with van der Waals surface area (Å²) in [4.78, 5) is 12.3. The first-order valence-corrected chi connectivity index (χ1v) is 8.19. The van der Waals surface area contributed by atoms with Gasteiger partial charge in [-0.05, 0) is 38.5 Å². The van der Waals surface area contributed by atoms with Crippen molar-refractivity contribution in [2.24, 2.45) is 0 Å². The monoisotopic (exact) mass is 347 g/mol. The van der Waals surface area contributed by atoms with Gasteiger partial charge in [0.2, 0.25) is 12.7 Å². The molecule has 1 aromatic carbocycles. The molecule has 0 radical (unpaired) electrons. The predicted molar refractivity (Wildman–Crippen MR) is 89.9 cm³/mol. The standard InChI is InChI=1S/C17H18ClN3O3/c1-17(2,3)21-16-11(7-19-21)10(6-14(22)20-16)9-4-12(18)15-13(5-9)23-8-24-15/h4-5,7,10H,6,8H2,1-3H3,(H,20,22)/t10-/m0/s1. The van der Waals surface area contributed by atoms with Crippen molar-refractivity contribution in [2.75, 3.05) is 12.1 Å². The van der Waals surface area contributed by atoms with Crippen LogP contribution in [0.25, 0.3) is 0 Å². The molecule has 1 atom stereocenters. The van der Waals surface area contributed by atoms with E-state index in [1.165, 1.54) is 0 Å². The van der Waals surface area contributed by atoms with Crippen molar-refractivity contribution in [3.05, 3.63) is 34.5 Å². The summed E-state index contributed by atoms with van der Waals surface area (Å²) in [7, 11) is 0. The maximum absolute atomic E-state index is 12.3. The molecule has 7 heteroatoms. The molecule has 0 unspecified atom stereocenters. The van der Waals surface area contributed by atoms with Crippen molar-refractivity contribution in [3.8, 4) is 11.5 Å². The zero-order valence-corrected chi connectivity index (χ0v) is 14.5. The molecule has 1 aromatic heterocycles. The number of benzene rings is 1. The zero-order valence-electron chi connectivity index (χ0n) is 13.7. The maximum atomic E-state index is 12.3. The molecule has 0 fully saturated rings. The molecule has 2 aliphatic heterocycles. The van der Waals surface area contributed by atoms with Crippen LogP contribution in [0.4, 0.5) is 5.82 Å². The highest BCUT2D eigenvalue weighted by molar-refractivity contribution is 6.32. The molecule has 0 saturated heterocycles. The molecule has 2 aliphatic rings. The fourth-order valence-electron chi connectivity index (χ4n) is 3.21. The van der Waals surface area contributed by atoms with Crippen LogP contribution in [-0.2, 0) is 10.3 Å². The smallest absolute Gasteiger partial charge is 0.231 e. The Kier molecular flexibility index (Phi) is 3.28. The molecule has 1 amide bonds. The minimum absolute atomic E-state index is 0.0349. The molecule has 0 bridgehead atoms. The summed E-state index contributed by atoms with van der Waals surface area (Å²) < 4.78 is 12.7. The van der Waals surface area contributed by atoms with Gasteiger partial charge in [0.15, 0.2) is 11.5 Å². The number of nitrogens with zero attached hydrogens (tertiary/aromatic N) is 2. The minimum atomic E-state index is -0.227. The second-order valence-electron chi connectivity index (χ2n) is 7.07. The van der Waals surface area contributed by atoms with E-state index in [1.54, 1.807) is 0 Å². The number of hydrogen-bond acceptors (Lipinski definition) is 4. The molecule has 24 heavy (non-hydrogen) atoms. The number of halogens is 1. The Morgan fingerprint density at radius 2 is 2.12 bits per heavy atom. The molecule has 126 valence electrons. The molecule has 0 saturated carbocycles. The van der Waals surface area contributed by atoms with Crippen LogP contribution in [0.15, 0.2) is 18.3 Å². The molecule has 1 N–H and O–H groups in total. The highest BCUT2D eigenvalue weighted by atomic mass is 35.5. The van der Waals surface area contributed by atoms with E-state index in [9.17, 15) is 4.79 Å². The van der Waals surface area contributed by atoms with Crippen LogP contribution in [0.5, 0.6) is 11.5 Å². The Morgan fingerprint density at radius 3 is 2.88 bits per heavy atom.